The summed E-state index contributed by atoms with van der Waals surface area (Å²) in [7, 11) is 0. The standard InChI is InChI=1S/C14H16ClNO3S/c1-9-6-10(2-3-12(9)15)14(19)16-4-5-20-8-11(16)7-13(17)18/h2-3,6,11H,4-5,7-8H2,1H3,(H,17,18). The number of aryl methyl sites for hydroxylation is 1. The van der Waals surface area contributed by atoms with Crippen LogP contribution in [0, 0.1) is 6.92 Å². The van der Waals surface area contributed by atoms with Crippen LogP contribution in [0.4, 0.5) is 0 Å². The minimum Gasteiger partial charge on any atom is -0.481 e. The molecular formula is C14H16ClNO3S. The van der Waals surface area contributed by atoms with Gasteiger partial charge in [0.2, 0.25) is 0 Å². The van der Waals surface area contributed by atoms with E-state index in [0.29, 0.717) is 22.9 Å². The SMILES string of the molecule is Cc1cc(C(=O)N2CCSCC2CC(=O)O)ccc1Cl. The van der Waals surface area contributed by atoms with Crippen molar-refractivity contribution in [1.82, 2.24) is 4.90 Å². The van der Waals surface area contributed by atoms with Gasteiger partial charge in [0.25, 0.3) is 5.91 Å². The van der Waals surface area contributed by atoms with Gasteiger partial charge in [0.05, 0.1) is 12.5 Å². The predicted molar refractivity (Wildman–Crippen MR) is 80.6 cm³/mol. The normalized spacial score (nSPS) is 18.9. The van der Waals surface area contributed by atoms with Crippen LogP contribution in [0.3, 0.4) is 0 Å². The quantitative estimate of drug-likeness (QED) is 0.932. The Hall–Kier alpha value is -1.20. The molecule has 0 saturated carbocycles. The zero-order valence-corrected chi connectivity index (χ0v) is 12.7. The van der Waals surface area contributed by atoms with Crippen LogP contribution in [0.5, 0.6) is 0 Å². The van der Waals surface area contributed by atoms with Crippen LogP contribution in [0.25, 0.3) is 0 Å². The summed E-state index contributed by atoms with van der Waals surface area (Å²) in [6, 6.07) is 4.91. The van der Waals surface area contributed by atoms with Crippen molar-refractivity contribution >= 4 is 35.2 Å². The summed E-state index contributed by atoms with van der Waals surface area (Å²) in [4.78, 5) is 25.1. The number of nitrogens with zero attached hydrogens (tertiary/aromatic N) is 1. The Morgan fingerprint density at radius 1 is 1.50 bits per heavy atom. The molecule has 1 unspecified atom stereocenters. The van der Waals surface area contributed by atoms with Crippen LogP contribution in [0.2, 0.25) is 5.02 Å². The Morgan fingerprint density at radius 3 is 2.90 bits per heavy atom. The van der Waals surface area contributed by atoms with Crippen molar-refractivity contribution in [3.63, 3.8) is 0 Å². The number of carboxylic acid groups (broad SMARTS) is 1. The van der Waals surface area contributed by atoms with Gasteiger partial charge in [0.15, 0.2) is 0 Å². The molecular weight excluding hydrogens is 298 g/mol. The number of benzene rings is 1. The number of carbonyl (C=O) groups is 2. The maximum atomic E-state index is 12.5. The molecule has 4 nitrogen and oxygen atoms in total. The first-order valence-electron chi connectivity index (χ1n) is 6.35. The molecule has 0 spiro atoms. The first kappa shape index (κ1) is 15.2. The van der Waals surface area contributed by atoms with E-state index in [-0.39, 0.29) is 18.4 Å². The van der Waals surface area contributed by atoms with Gasteiger partial charge in [-0.15, -0.1) is 0 Å². The molecule has 6 heteroatoms. The molecule has 1 aromatic carbocycles. The highest BCUT2D eigenvalue weighted by Gasteiger charge is 2.29. The molecule has 1 fully saturated rings. The molecule has 1 N–H and O–H groups in total. The second-order valence-corrected chi connectivity index (χ2v) is 6.35. The second-order valence-electron chi connectivity index (χ2n) is 4.79. The Morgan fingerprint density at radius 2 is 2.25 bits per heavy atom. The molecule has 20 heavy (non-hydrogen) atoms. The molecule has 0 bridgehead atoms. The largest absolute Gasteiger partial charge is 0.481 e. The highest BCUT2D eigenvalue weighted by Crippen LogP contribution is 2.23. The smallest absolute Gasteiger partial charge is 0.305 e. The van der Waals surface area contributed by atoms with Gasteiger partial charge < -0.3 is 10.0 Å². The number of hydrogen-bond donors (Lipinski definition) is 1. The van der Waals surface area contributed by atoms with E-state index in [4.69, 9.17) is 16.7 Å². The van der Waals surface area contributed by atoms with Crippen LogP contribution < -0.4 is 0 Å². The van der Waals surface area contributed by atoms with Gasteiger partial charge in [-0.2, -0.15) is 11.8 Å². The van der Waals surface area contributed by atoms with Gasteiger partial charge in [-0.1, -0.05) is 11.6 Å². The lowest BCUT2D eigenvalue weighted by Crippen LogP contribution is -2.47. The van der Waals surface area contributed by atoms with Gasteiger partial charge in [0, 0.05) is 28.6 Å². The number of amides is 1. The molecule has 1 aliphatic rings. The number of halogens is 1. The van der Waals surface area contributed by atoms with Crippen molar-refractivity contribution < 1.29 is 14.7 Å². The van der Waals surface area contributed by atoms with E-state index in [1.165, 1.54) is 0 Å². The fraction of sp³-hybridized carbons (Fsp3) is 0.429. The Kier molecular flexibility index (Phi) is 4.94. The van der Waals surface area contributed by atoms with Crippen molar-refractivity contribution in [1.29, 1.82) is 0 Å². The van der Waals surface area contributed by atoms with Crippen LogP contribution in [0.1, 0.15) is 22.3 Å². The van der Waals surface area contributed by atoms with E-state index in [9.17, 15) is 9.59 Å². The van der Waals surface area contributed by atoms with Crippen molar-refractivity contribution in [3.05, 3.63) is 34.3 Å². The van der Waals surface area contributed by atoms with E-state index >= 15 is 0 Å². The van der Waals surface area contributed by atoms with Crippen molar-refractivity contribution in [2.75, 3.05) is 18.1 Å². The van der Waals surface area contributed by atoms with E-state index in [1.807, 2.05) is 6.92 Å². The molecule has 2 rings (SSSR count). The van der Waals surface area contributed by atoms with Gasteiger partial charge in [-0.05, 0) is 30.7 Å². The molecule has 1 aromatic rings. The summed E-state index contributed by atoms with van der Waals surface area (Å²) < 4.78 is 0. The van der Waals surface area contributed by atoms with Crippen LogP contribution in [-0.2, 0) is 4.79 Å². The Bertz CT molecular complexity index is 535. The zero-order valence-electron chi connectivity index (χ0n) is 11.1. The van der Waals surface area contributed by atoms with Crippen LogP contribution >= 0.6 is 23.4 Å². The second kappa shape index (κ2) is 6.50. The molecule has 1 heterocycles. The number of thioether (sulfide) groups is 1. The van der Waals surface area contributed by atoms with Crippen LogP contribution in [-0.4, -0.2) is 46.0 Å². The van der Waals surface area contributed by atoms with Crippen molar-refractivity contribution in [2.24, 2.45) is 0 Å². The first-order chi connectivity index (χ1) is 9.49. The summed E-state index contributed by atoms with van der Waals surface area (Å²) in [6.07, 6.45) is -0.00862. The van der Waals surface area contributed by atoms with Gasteiger partial charge in [-0.25, -0.2) is 0 Å². The topological polar surface area (TPSA) is 57.6 Å². The van der Waals surface area contributed by atoms with E-state index in [1.54, 1.807) is 34.9 Å². The summed E-state index contributed by atoms with van der Waals surface area (Å²) in [6.45, 7) is 2.43. The molecule has 1 saturated heterocycles. The predicted octanol–water partition coefficient (Wildman–Crippen LogP) is 2.68. The summed E-state index contributed by atoms with van der Waals surface area (Å²) in [5, 5.41) is 9.57. The maximum Gasteiger partial charge on any atom is 0.305 e. The van der Waals surface area contributed by atoms with E-state index in [2.05, 4.69) is 0 Å². The molecule has 0 radical (unpaired) electrons. The van der Waals surface area contributed by atoms with Crippen LogP contribution in [0.15, 0.2) is 18.2 Å². The number of aliphatic carboxylic acids is 1. The molecule has 0 aromatic heterocycles. The van der Waals surface area contributed by atoms with Gasteiger partial charge >= 0.3 is 5.97 Å². The first-order valence-corrected chi connectivity index (χ1v) is 7.89. The fourth-order valence-electron chi connectivity index (χ4n) is 2.24. The average molecular weight is 314 g/mol. The van der Waals surface area contributed by atoms with Gasteiger partial charge in [0.1, 0.15) is 0 Å². The van der Waals surface area contributed by atoms with E-state index < -0.39 is 5.97 Å². The van der Waals surface area contributed by atoms with Gasteiger partial charge in [-0.3, -0.25) is 9.59 Å². The lowest BCUT2D eigenvalue weighted by Gasteiger charge is -2.34. The monoisotopic (exact) mass is 313 g/mol. The summed E-state index contributed by atoms with van der Waals surface area (Å²) in [5.74, 6) is 0.526. The van der Waals surface area contributed by atoms with Crippen molar-refractivity contribution in [3.8, 4) is 0 Å². The minimum absolute atomic E-state index is 0.00862. The molecule has 0 aliphatic carbocycles. The number of carbonyl (C=O) groups excluding carboxylic acids is 1. The lowest BCUT2D eigenvalue weighted by atomic mass is 10.1. The third-order valence-electron chi connectivity index (χ3n) is 3.30. The maximum absolute atomic E-state index is 12.5. The molecule has 108 valence electrons. The Balaban J connectivity index is 2.20. The summed E-state index contributed by atoms with van der Waals surface area (Å²) in [5.41, 5.74) is 1.41. The highest BCUT2D eigenvalue weighted by atomic mass is 35.5. The third kappa shape index (κ3) is 3.46. The van der Waals surface area contributed by atoms with E-state index in [0.717, 1.165) is 11.3 Å². The molecule has 1 atom stereocenters. The zero-order chi connectivity index (χ0) is 14.7. The fourth-order valence-corrected chi connectivity index (χ4v) is 3.42. The number of hydrogen-bond acceptors (Lipinski definition) is 3. The molecule has 1 aliphatic heterocycles. The third-order valence-corrected chi connectivity index (χ3v) is 4.82. The Labute approximate surface area is 127 Å². The lowest BCUT2D eigenvalue weighted by molar-refractivity contribution is -0.138. The minimum atomic E-state index is -0.873. The number of rotatable bonds is 3. The summed E-state index contributed by atoms with van der Waals surface area (Å²) >= 11 is 7.65. The van der Waals surface area contributed by atoms with Crippen molar-refractivity contribution in [2.45, 2.75) is 19.4 Å². The average Bonchev–Trinajstić information content (AvgIpc) is 2.41. The number of carboxylic acids is 1. The molecule has 1 amide bonds. The highest BCUT2D eigenvalue weighted by molar-refractivity contribution is 7.99.